The molecule has 0 heterocycles. The van der Waals surface area contributed by atoms with Crippen LogP contribution >= 0.6 is 0 Å². The number of carbonyl (C=O) groups is 1. The molecule has 0 aliphatic carbocycles. The first-order valence-electron chi connectivity index (χ1n) is 5.39. The number of methoxy groups -OCH3 is 1. The predicted molar refractivity (Wildman–Crippen MR) is 61.8 cm³/mol. The van der Waals surface area contributed by atoms with Gasteiger partial charge in [0, 0.05) is 0 Å². The lowest BCUT2D eigenvalue weighted by Gasteiger charge is -2.17. The van der Waals surface area contributed by atoms with Crippen molar-refractivity contribution >= 4 is 6.09 Å². The SMILES string of the molecule is CCN(CC)CCCC(O)O.COC(N)=O. The van der Waals surface area contributed by atoms with Crippen LogP contribution in [0.5, 0.6) is 0 Å². The van der Waals surface area contributed by atoms with E-state index in [4.69, 9.17) is 10.2 Å². The van der Waals surface area contributed by atoms with Crippen molar-refractivity contribution in [3.05, 3.63) is 0 Å². The lowest BCUT2D eigenvalue weighted by atomic mass is 10.3. The summed E-state index contributed by atoms with van der Waals surface area (Å²) >= 11 is 0. The summed E-state index contributed by atoms with van der Waals surface area (Å²) in [5.41, 5.74) is 4.43. The van der Waals surface area contributed by atoms with E-state index >= 15 is 0 Å². The number of hydrogen-bond donors (Lipinski definition) is 3. The van der Waals surface area contributed by atoms with E-state index in [2.05, 4.69) is 29.2 Å². The van der Waals surface area contributed by atoms with Crippen LogP contribution in [-0.4, -0.2) is 54.2 Å². The number of aliphatic hydroxyl groups excluding tert-OH is 1. The Kier molecular flexibility index (Phi) is 13.4. The number of carbonyl (C=O) groups excluding carboxylic acids is 1. The summed E-state index contributed by atoms with van der Waals surface area (Å²) in [7, 11) is 1.22. The first-order chi connectivity index (χ1) is 7.47. The summed E-state index contributed by atoms with van der Waals surface area (Å²) in [6.45, 7) is 7.26. The molecule has 1 amide bonds. The van der Waals surface area contributed by atoms with Crippen LogP contribution in [0.2, 0.25) is 0 Å². The number of amides is 1. The van der Waals surface area contributed by atoms with Crippen LogP contribution in [0.15, 0.2) is 0 Å². The lowest BCUT2D eigenvalue weighted by molar-refractivity contribution is -0.0474. The Morgan fingerprint density at radius 2 is 1.81 bits per heavy atom. The number of primary amides is 1. The van der Waals surface area contributed by atoms with Gasteiger partial charge in [-0.3, -0.25) is 0 Å². The van der Waals surface area contributed by atoms with Crippen molar-refractivity contribution < 1.29 is 19.7 Å². The molecule has 0 atom stereocenters. The molecule has 0 rings (SSSR count). The zero-order valence-corrected chi connectivity index (χ0v) is 10.3. The quantitative estimate of drug-likeness (QED) is 0.570. The Balaban J connectivity index is 0. The molecule has 0 saturated heterocycles. The van der Waals surface area contributed by atoms with Crippen LogP contribution in [0.25, 0.3) is 0 Å². The zero-order chi connectivity index (χ0) is 13.0. The summed E-state index contributed by atoms with van der Waals surface area (Å²) in [5, 5.41) is 17.1. The van der Waals surface area contributed by atoms with E-state index in [0.717, 1.165) is 26.1 Å². The number of hydrogen-bond acceptors (Lipinski definition) is 5. The van der Waals surface area contributed by atoms with Crippen molar-refractivity contribution in [2.24, 2.45) is 5.73 Å². The number of rotatable bonds is 6. The van der Waals surface area contributed by atoms with Crippen molar-refractivity contribution in [1.29, 1.82) is 0 Å². The summed E-state index contributed by atoms with van der Waals surface area (Å²) in [5.74, 6) is 0. The monoisotopic (exact) mass is 236 g/mol. The van der Waals surface area contributed by atoms with Crippen molar-refractivity contribution in [1.82, 2.24) is 4.90 Å². The third-order valence-electron chi connectivity index (χ3n) is 2.03. The molecule has 0 aromatic heterocycles. The molecular formula is C10H24N2O4. The largest absolute Gasteiger partial charge is 0.453 e. The molecule has 6 nitrogen and oxygen atoms in total. The average Bonchev–Trinajstić information content (AvgIpc) is 2.25. The van der Waals surface area contributed by atoms with Crippen molar-refractivity contribution in [2.75, 3.05) is 26.7 Å². The van der Waals surface area contributed by atoms with E-state index in [1.165, 1.54) is 7.11 Å². The molecule has 0 aromatic carbocycles. The highest BCUT2D eigenvalue weighted by atomic mass is 16.5. The second-order valence-electron chi connectivity index (χ2n) is 3.17. The van der Waals surface area contributed by atoms with Crippen molar-refractivity contribution in [2.45, 2.75) is 33.0 Å². The molecule has 0 spiro atoms. The number of nitrogens with zero attached hydrogens (tertiary/aromatic N) is 1. The highest BCUT2D eigenvalue weighted by Crippen LogP contribution is 1.96. The summed E-state index contributed by atoms with van der Waals surface area (Å²) < 4.78 is 3.89. The standard InChI is InChI=1S/C8H19NO2.C2H5NO2/c1-3-9(4-2)7-5-6-8(10)11;1-5-2(3)4/h8,10-11H,3-7H2,1-2H3;1H3,(H2,3,4). The van der Waals surface area contributed by atoms with Gasteiger partial charge >= 0.3 is 6.09 Å². The fraction of sp³-hybridized carbons (Fsp3) is 0.900. The molecule has 0 aromatic rings. The third kappa shape index (κ3) is 15.6. The molecule has 4 N–H and O–H groups in total. The van der Waals surface area contributed by atoms with Gasteiger partial charge < -0.3 is 25.6 Å². The maximum absolute atomic E-state index is 9.37. The molecular weight excluding hydrogens is 212 g/mol. The van der Waals surface area contributed by atoms with Gasteiger partial charge in [0.25, 0.3) is 0 Å². The first kappa shape index (κ1) is 17.5. The third-order valence-corrected chi connectivity index (χ3v) is 2.03. The van der Waals surface area contributed by atoms with Gasteiger partial charge in [-0.15, -0.1) is 0 Å². The predicted octanol–water partition coefficient (Wildman–Crippen LogP) is 0.131. The number of nitrogens with two attached hydrogens (primary N) is 1. The number of aliphatic hydroxyl groups is 2. The lowest BCUT2D eigenvalue weighted by Crippen LogP contribution is -2.24. The molecule has 0 radical (unpaired) electrons. The van der Waals surface area contributed by atoms with Gasteiger partial charge in [0.15, 0.2) is 6.29 Å². The Morgan fingerprint density at radius 3 is 2.06 bits per heavy atom. The molecule has 0 unspecified atom stereocenters. The first-order valence-corrected chi connectivity index (χ1v) is 5.39. The smallest absolute Gasteiger partial charge is 0.404 e. The van der Waals surface area contributed by atoms with Gasteiger partial charge in [0.05, 0.1) is 7.11 Å². The Bertz CT molecular complexity index is 161. The summed E-state index contributed by atoms with van der Waals surface area (Å²) in [4.78, 5) is 11.6. The fourth-order valence-electron chi connectivity index (χ4n) is 1.04. The fourth-order valence-corrected chi connectivity index (χ4v) is 1.04. The molecule has 0 aliphatic heterocycles. The van der Waals surface area contributed by atoms with Crippen LogP contribution < -0.4 is 5.73 Å². The maximum Gasteiger partial charge on any atom is 0.404 e. The molecule has 0 saturated carbocycles. The van der Waals surface area contributed by atoms with Crippen molar-refractivity contribution in [3.63, 3.8) is 0 Å². The minimum atomic E-state index is -1.13. The van der Waals surface area contributed by atoms with Crippen LogP contribution in [0.1, 0.15) is 26.7 Å². The molecule has 0 bridgehead atoms. The van der Waals surface area contributed by atoms with Crippen LogP contribution in [0.3, 0.4) is 0 Å². The molecule has 6 heteroatoms. The van der Waals surface area contributed by atoms with E-state index < -0.39 is 12.4 Å². The molecule has 0 fully saturated rings. The van der Waals surface area contributed by atoms with E-state index in [1.54, 1.807) is 0 Å². The molecule has 98 valence electrons. The van der Waals surface area contributed by atoms with Crippen LogP contribution in [0.4, 0.5) is 4.79 Å². The van der Waals surface area contributed by atoms with Gasteiger partial charge in [0.1, 0.15) is 0 Å². The minimum absolute atomic E-state index is 0.483. The summed E-state index contributed by atoms with van der Waals surface area (Å²) in [6, 6.07) is 0. The average molecular weight is 236 g/mol. The minimum Gasteiger partial charge on any atom is -0.453 e. The molecule has 0 aliphatic rings. The summed E-state index contributed by atoms with van der Waals surface area (Å²) in [6.07, 6.45) is -0.536. The van der Waals surface area contributed by atoms with Crippen LogP contribution in [0, 0.1) is 0 Å². The highest BCUT2D eigenvalue weighted by Gasteiger charge is 2.00. The highest BCUT2D eigenvalue weighted by molar-refractivity contribution is 5.64. The van der Waals surface area contributed by atoms with E-state index in [0.29, 0.717) is 6.42 Å². The van der Waals surface area contributed by atoms with Gasteiger partial charge in [-0.25, -0.2) is 4.79 Å². The Morgan fingerprint density at radius 1 is 1.38 bits per heavy atom. The normalized spacial score (nSPS) is 9.94. The van der Waals surface area contributed by atoms with Gasteiger partial charge in [-0.05, 0) is 32.5 Å². The van der Waals surface area contributed by atoms with Crippen molar-refractivity contribution in [3.8, 4) is 0 Å². The zero-order valence-electron chi connectivity index (χ0n) is 10.3. The molecule has 16 heavy (non-hydrogen) atoms. The second kappa shape index (κ2) is 12.2. The Hall–Kier alpha value is -0.850. The van der Waals surface area contributed by atoms with Gasteiger partial charge in [-0.1, -0.05) is 13.8 Å². The van der Waals surface area contributed by atoms with E-state index in [-0.39, 0.29) is 0 Å². The van der Waals surface area contributed by atoms with E-state index in [1.807, 2.05) is 0 Å². The van der Waals surface area contributed by atoms with Gasteiger partial charge in [-0.2, -0.15) is 0 Å². The Labute approximate surface area is 97.0 Å². The maximum atomic E-state index is 9.37. The van der Waals surface area contributed by atoms with E-state index in [9.17, 15) is 4.79 Å². The van der Waals surface area contributed by atoms with Crippen LogP contribution in [-0.2, 0) is 4.74 Å². The topological polar surface area (TPSA) is 96.0 Å². The second-order valence-corrected chi connectivity index (χ2v) is 3.17. The number of ether oxygens (including phenoxy) is 1. The van der Waals surface area contributed by atoms with Gasteiger partial charge in [0.2, 0.25) is 0 Å².